The Morgan fingerprint density at radius 1 is 1.55 bits per heavy atom. The summed E-state index contributed by atoms with van der Waals surface area (Å²) < 4.78 is 9.85. The molecule has 1 atom stereocenters. The minimum absolute atomic E-state index is 0.101. The maximum Gasteiger partial charge on any atom is 0.311 e. The lowest BCUT2D eigenvalue weighted by Crippen LogP contribution is -2.28. The van der Waals surface area contributed by atoms with E-state index in [1.807, 2.05) is 0 Å². The molecule has 1 rings (SSSR count). The van der Waals surface area contributed by atoms with Gasteiger partial charge < -0.3 is 20.5 Å². The van der Waals surface area contributed by atoms with E-state index in [0.29, 0.717) is 17.4 Å². The fourth-order valence-corrected chi connectivity index (χ4v) is 2.17. The van der Waals surface area contributed by atoms with Crippen molar-refractivity contribution < 1.29 is 19.1 Å². The highest BCUT2D eigenvalue weighted by molar-refractivity contribution is 7.13. The Labute approximate surface area is 121 Å². The van der Waals surface area contributed by atoms with E-state index in [1.54, 1.807) is 12.3 Å². The van der Waals surface area contributed by atoms with Crippen LogP contribution in [0, 0.1) is 0 Å². The number of rotatable bonds is 8. The van der Waals surface area contributed by atoms with Crippen LogP contribution in [0.5, 0.6) is 0 Å². The number of methoxy groups -OCH3 is 1. The van der Waals surface area contributed by atoms with Gasteiger partial charge in [0.1, 0.15) is 0 Å². The van der Waals surface area contributed by atoms with Gasteiger partial charge in [0.15, 0.2) is 5.13 Å². The first-order valence-electron chi connectivity index (χ1n) is 6.21. The highest BCUT2D eigenvalue weighted by atomic mass is 32.1. The molecule has 1 aromatic heterocycles. The minimum Gasteiger partial charge on any atom is -0.466 e. The molecule has 0 aliphatic carbocycles. The van der Waals surface area contributed by atoms with Crippen molar-refractivity contribution in [1.82, 2.24) is 4.98 Å². The van der Waals surface area contributed by atoms with Crippen LogP contribution >= 0.6 is 11.3 Å². The van der Waals surface area contributed by atoms with E-state index in [4.69, 9.17) is 15.2 Å². The predicted octanol–water partition coefficient (Wildman–Crippen LogP) is 0.551. The van der Waals surface area contributed by atoms with Crippen LogP contribution in [0.1, 0.15) is 19.0 Å². The number of carbonyl (C=O) groups excluding carboxylic acids is 2. The SMILES string of the molecule is CCOC(=O)Cc1csc(NC(=O)CC(CN)OC)n1. The first kappa shape index (κ1) is 16.5. The first-order chi connectivity index (χ1) is 9.58. The molecule has 3 N–H and O–H groups in total. The molecule has 7 nitrogen and oxygen atoms in total. The molecule has 0 fully saturated rings. The Bertz CT molecular complexity index is 446. The number of amides is 1. The molecule has 1 unspecified atom stereocenters. The van der Waals surface area contributed by atoms with Gasteiger partial charge in [-0.3, -0.25) is 9.59 Å². The molecule has 0 spiro atoms. The predicted molar refractivity (Wildman–Crippen MR) is 75.5 cm³/mol. The second-order valence-corrected chi connectivity index (χ2v) is 4.83. The monoisotopic (exact) mass is 301 g/mol. The molecule has 8 heteroatoms. The van der Waals surface area contributed by atoms with Gasteiger partial charge in [-0.1, -0.05) is 0 Å². The Kier molecular flexibility index (Phi) is 7.13. The molecule has 20 heavy (non-hydrogen) atoms. The number of carbonyl (C=O) groups is 2. The number of esters is 1. The van der Waals surface area contributed by atoms with Crippen LogP contribution in [0.4, 0.5) is 5.13 Å². The van der Waals surface area contributed by atoms with Crippen LogP contribution in [0.3, 0.4) is 0 Å². The van der Waals surface area contributed by atoms with E-state index < -0.39 is 0 Å². The Morgan fingerprint density at radius 2 is 2.30 bits per heavy atom. The molecule has 0 aromatic carbocycles. The van der Waals surface area contributed by atoms with Crippen molar-refractivity contribution in [3.63, 3.8) is 0 Å². The van der Waals surface area contributed by atoms with Gasteiger partial charge >= 0.3 is 5.97 Å². The summed E-state index contributed by atoms with van der Waals surface area (Å²) in [5, 5.41) is 4.80. The fourth-order valence-electron chi connectivity index (χ4n) is 1.45. The number of nitrogens with zero attached hydrogens (tertiary/aromatic N) is 1. The summed E-state index contributed by atoms with van der Waals surface area (Å²) in [4.78, 5) is 27.1. The molecule has 1 aromatic rings. The summed E-state index contributed by atoms with van der Waals surface area (Å²) in [5.41, 5.74) is 6.02. The lowest BCUT2D eigenvalue weighted by Gasteiger charge is -2.11. The molecule has 0 radical (unpaired) electrons. The molecule has 1 amide bonds. The standard InChI is InChI=1S/C12H19N3O4S/c1-3-19-11(17)4-8-7-20-12(14-8)15-10(16)5-9(6-13)18-2/h7,9H,3-6,13H2,1-2H3,(H,14,15,16). The number of hydrogen-bond acceptors (Lipinski definition) is 7. The second-order valence-electron chi connectivity index (χ2n) is 3.97. The average molecular weight is 301 g/mol. The third-order valence-corrected chi connectivity index (χ3v) is 3.24. The lowest BCUT2D eigenvalue weighted by atomic mass is 10.2. The average Bonchev–Trinajstić information content (AvgIpc) is 2.83. The van der Waals surface area contributed by atoms with Crippen molar-refractivity contribution in [3.8, 4) is 0 Å². The largest absolute Gasteiger partial charge is 0.466 e. The molecule has 0 aliphatic heterocycles. The van der Waals surface area contributed by atoms with Crippen molar-refractivity contribution in [2.45, 2.75) is 25.9 Å². The van der Waals surface area contributed by atoms with Crippen molar-refractivity contribution in [2.24, 2.45) is 5.73 Å². The van der Waals surface area contributed by atoms with E-state index in [0.717, 1.165) is 0 Å². The number of nitrogens with two attached hydrogens (primary N) is 1. The van der Waals surface area contributed by atoms with Crippen LogP contribution in [0.2, 0.25) is 0 Å². The van der Waals surface area contributed by atoms with E-state index >= 15 is 0 Å². The third kappa shape index (κ3) is 5.64. The zero-order valence-corrected chi connectivity index (χ0v) is 12.4. The van der Waals surface area contributed by atoms with Gasteiger partial charge in [0.25, 0.3) is 0 Å². The normalized spacial score (nSPS) is 11.9. The third-order valence-electron chi connectivity index (χ3n) is 2.44. The Hall–Kier alpha value is -1.51. The summed E-state index contributed by atoms with van der Waals surface area (Å²) in [6.45, 7) is 2.36. The summed E-state index contributed by atoms with van der Waals surface area (Å²) >= 11 is 1.26. The van der Waals surface area contributed by atoms with Crippen molar-refractivity contribution in [3.05, 3.63) is 11.1 Å². The highest BCUT2D eigenvalue weighted by Gasteiger charge is 2.14. The maximum atomic E-state index is 11.7. The van der Waals surface area contributed by atoms with Crippen molar-refractivity contribution in [1.29, 1.82) is 0 Å². The minimum atomic E-state index is -0.335. The van der Waals surface area contributed by atoms with Crippen LogP contribution < -0.4 is 11.1 Å². The van der Waals surface area contributed by atoms with Gasteiger partial charge in [0.05, 0.1) is 31.2 Å². The van der Waals surface area contributed by atoms with Crippen molar-refractivity contribution >= 4 is 28.3 Å². The van der Waals surface area contributed by atoms with E-state index in [9.17, 15) is 9.59 Å². The molecule has 1 heterocycles. The van der Waals surface area contributed by atoms with Crippen molar-refractivity contribution in [2.75, 3.05) is 25.6 Å². The van der Waals surface area contributed by atoms with Gasteiger partial charge in [-0.2, -0.15) is 0 Å². The summed E-state index contributed by atoms with van der Waals surface area (Å²) in [6.07, 6.45) is -0.0438. The summed E-state index contributed by atoms with van der Waals surface area (Å²) in [6, 6.07) is 0. The van der Waals surface area contributed by atoms with Gasteiger partial charge in [-0.05, 0) is 6.92 Å². The number of ether oxygens (including phenoxy) is 2. The number of hydrogen-bond donors (Lipinski definition) is 2. The Morgan fingerprint density at radius 3 is 2.90 bits per heavy atom. The molecule has 112 valence electrons. The van der Waals surface area contributed by atoms with Crippen LogP contribution in [0.15, 0.2) is 5.38 Å². The molecular formula is C12H19N3O4S. The number of aromatic nitrogens is 1. The van der Waals surface area contributed by atoms with E-state index in [2.05, 4.69) is 10.3 Å². The molecule has 0 aliphatic rings. The van der Waals surface area contributed by atoms with Crippen LogP contribution in [-0.4, -0.2) is 43.2 Å². The van der Waals surface area contributed by atoms with Gasteiger partial charge in [-0.25, -0.2) is 4.98 Å². The van der Waals surface area contributed by atoms with Crippen LogP contribution in [-0.2, 0) is 25.5 Å². The quantitative estimate of drug-likeness (QED) is 0.680. The first-order valence-corrected chi connectivity index (χ1v) is 7.09. The lowest BCUT2D eigenvalue weighted by molar-refractivity contribution is -0.142. The molecule has 0 saturated heterocycles. The zero-order valence-electron chi connectivity index (χ0n) is 11.5. The zero-order chi connectivity index (χ0) is 15.0. The van der Waals surface area contributed by atoms with E-state index in [-0.39, 0.29) is 37.4 Å². The number of thiazole rings is 1. The molecule has 0 bridgehead atoms. The van der Waals surface area contributed by atoms with Gasteiger partial charge in [0, 0.05) is 19.0 Å². The Balaban J connectivity index is 2.47. The second kappa shape index (κ2) is 8.62. The summed E-state index contributed by atoms with van der Waals surface area (Å²) in [5.74, 6) is -0.558. The molecule has 0 saturated carbocycles. The number of nitrogens with one attached hydrogen (secondary N) is 1. The highest BCUT2D eigenvalue weighted by Crippen LogP contribution is 2.16. The summed E-state index contributed by atoms with van der Waals surface area (Å²) in [7, 11) is 1.51. The van der Waals surface area contributed by atoms with Gasteiger partial charge in [-0.15, -0.1) is 11.3 Å². The van der Waals surface area contributed by atoms with Gasteiger partial charge in [0.2, 0.25) is 5.91 Å². The number of anilines is 1. The molecular weight excluding hydrogens is 282 g/mol. The maximum absolute atomic E-state index is 11.7. The van der Waals surface area contributed by atoms with Crippen LogP contribution in [0.25, 0.3) is 0 Å². The van der Waals surface area contributed by atoms with E-state index in [1.165, 1.54) is 18.4 Å². The smallest absolute Gasteiger partial charge is 0.311 e. The topological polar surface area (TPSA) is 104 Å². The fraction of sp³-hybridized carbons (Fsp3) is 0.583.